The highest BCUT2D eigenvalue weighted by Crippen LogP contribution is 2.12. The minimum atomic E-state index is -0.120. The number of carbonyl (C=O) groups excluding carboxylic acids is 1. The summed E-state index contributed by atoms with van der Waals surface area (Å²) in [6.07, 6.45) is 2.15. The fraction of sp³-hybridized carbons (Fsp3) is 0.400. The Kier molecular flexibility index (Phi) is 0.855. The molecule has 1 heterocycles. The molecule has 1 aliphatic rings. The maximum atomic E-state index is 10.00. The Morgan fingerprint density at radius 2 is 2.57 bits per heavy atom. The van der Waals surface area contributed by atoms with Crippen LogP contribution in [0.5, 0.6) is 0 Å². The van der Waals surface area contributed by atoms with Crippen molar-refractivity contribution in [2.45, 2.75) is 12.5 Å². The number of cyclic esters (lactones) is 1. The van der Waals surface area contributed by atoms with Crippen molar-refractivity contribution >= 4 is 5.97 Å². The zero-order valence-corrected chi connectivity index (χ0v) is 3.89. The van der Waals surface area contributed by atoms with E-state index in [9.17, 15) is 4.79 Å². The molecule has 1 fully saturated rings. The molecule has 0 N–H and O–H groups in total. The second kappa shape index (κ2) is 1.37. The molecular weight excluding hydrogens is 92.1 g/mol. The molecule has 0 spiro atoms. The van der Waals surface area contributed by atoms with Gasteiger partial charge in [0.05, 0.1) is 6.42 Å². The molecule has 1 aliphatic heterocycles. The van der Waals surface area contributed by atoms with Crippen LogP contribution >= 0.6 is 0 Å². The van der Waals surface area contributed by atoms with Gasteiger partial charge in [-0.1, -0.05) is 12.7 Å². The van der Waals surface area contributed by atoms with Gasteiger partial charge in [0.25, 0.3) is 0 Å². The van der Waals surface area contributed by atoms with Crippen molar-refractivity contribution in [2.75, 3.05) is 0 Å². The molecule has 38 valence electrons. The maximum Gasteiger partial charge on any atom is 0.310 e. The van der Waals surface area contributed by atoms with Gasteiger partial charge in [0, 0.05) is 0 Å². The molecule has 7 heavy (non-hydrogen) atoms. The number of carbonyl (C=O) groups is 1. The predicted octanol–water partition coefficient (Wildman–Crippen LogP) is 0.488. The van der Waals surface area contributed by atoms with Crippen molar-refractivity contribution in [1.82, 2.24) is 0 Å². The summed E-state index contributed by atoms with van der Waals surface area (Å²) in [4.78, 5) is 10.00. The van der Waals surface area contributed by atoms with E-state index in [1.54, 1.807) is 6.08 Å². The number of ether oxygens (including phenoxy) is 1. The molecule has 0 bridgehead atoms. The van der Waals surface area contributed by atoms with Crippen LogP contribution < -0.4 is 0 Å². The molecule has 2 heteroatoms. The zero-order valence-electron chi connectivity index (χ0n) is 3.89. The van der Waals surface area contributed by atoms with Crippen LogP contribution in [0, 0.1) is 0 Å². The molecule has 0 radical (unpaired) electrons. The van der Waals surface area contributed by atoms with Gasteiger partial charge >= 0.3 is 5.97 Å². The monoisotopic (exact) mass is 98.0 g/mol. The van der Waals surface area contributed by atoms with Crippen LogP contribution in [-0.2, 0) is 9.53 Å². The largest absolute Gasteiger partial charge is 0.457 e. The van der Waals surface area contributed by atoms with E-state index in [0.29, 0.717) is 6.42 Å². The van der Waals surface area contributed by atoms with E-state index in [1.165, 1.54) is 0 Å². The highest BCUT2D eigenvalue weighted by Gasteiger charge is 2.24. The first-order valence-electron chi connectivity index (χ1n) is 2.15. The molecule has 0 aromatic rings. The molecule has 1 rings (SSSR count). The van der Waals surface area contributed by atoms with Gasteiger partial charge in [0.1, 0.15) is 6.10 Å². The molecule has 2 nitrogen and oxygen atoms in total. The lowest BCUT2D eigenvalue weighted by molar-refractivity contribution is -0.164. The van der Waals surface area contributed by atoms with Gasteiger partial charge in [-0.25, -0.2) is 0 Å². The summed E-state index contributed by atoms with van der Waals surface area (Å²) in [6.45, 7) is 3.44. The van der Waals surface area contributed by atoms with E-state index in [2.05, 4.69) is 11.3 Å². The van der Waals surface area contributed by atoms with Crippen molar-refractivity contribution in [1.29, 1.82) is 0 Å². The summed E-state index contributed by atoms with van der Waals surface area (Å²) >= 11 is 0. The molecule has 0 aromatic carbocycles. The van der Waals surface area contributed by atoms with Crippen molar-refractivity contribution in [3.63, 3.8) is 0 Å². The molecule has 0 unspecified atom stereocenters. The fourth-order valence-electron chi connectivity index (χ4n) is 0.455. The Balaban J connectivity index is 2.29. The first-order chi connectivity index (χ1) is 3.33. The Labute approximate surface area is 41.8 Å². The summed E-state index contributed by atoms with van der Waals surface area (Å²) in [5.74, 6) is -0.120. The van der Waals surface area contributed by atoms with Crippen LogP contribution in [0.3, 0.4) is 0 Å². The van der Waals surface area contributed by atoms with Gasteiger partial charge in [0.15, 0.2) is 0 Å². The van der Waals surface area contributed by atoms with Gasteiger partial charge in [-0.15, -0.1) is 0 Å². The minimum absolute atomic E-state index is 0.00694. The van der Waals surface area contributed by atoms with Crippen LogP contribution in [0.15, 0.2) is 12.7 Å². The van der Waals surface area contributed by atoms with Crippen molar-refractivity contribution in [3.8, 4) is 0 Å². The lowest BCUT2D eigenvalue weighted by atomic mass is 10.2. The first kappa shape index (κ1) is 4.37. The highest BCUT2D eigenvalue weighted by atomic mass is 16.6. The van der Waals surface area contributed by atoms with Gasteiger partial charge < -0.3 is 4.74 Å². The Morgan fingerprint density at radius 1 is 2.00 bits per heavy atom. The first-order valence-corrected chi connectivity index (χ1v) is 2.15. The smallest absolute Gasteiger partial charge is 0.310 e. The Morgan fingerprint density at radius 3 is 2.71 bits per heavy atom. The van der Waals surface area contributed by atoms with Crippen LogP contribution in [0.4, 0.5) is 0 Å². The predicted molar refractivity (Wildman–Crippen MR) is 24.7 cm³/mol. The quantitative estimate of drug-likeness (QED) is 0.352. The maximum absolute atomic E-state index is 10.00. The normalized spacial score (nSPS) is 28.0. The van der Waals surface area contributed by atoms with Crippen LogP contribution in [0.1, 0.15) is 6.42 Å². The molecule has 0 aromatic heterocycles. The van der Waals surface area contributed by atoms with E-state index >= 15 is 0 Å². The standard InChI is InChI=1S/C5H6O2/c1-2-4-3-5(6)7-4/h2,4H,1,3H2/t4-/m1/s1. The van der Waals surface area contributed by atoms with Gasteiger partial charge in [0.2, 0.25) is 0 Å². The lowest BCUT2D eigenvalue weighted by Crippen LogP contribution is -2.30. The molecule has 0 amide bonds. The van der Waals surface area contributed by atoms with E-state index in [1.807, 2.05) is 0 Å². The van der Waals surface area contributed by atoms with E-state index < -0.39 is 0 Å². The average Bonchev–Trinajstić information content (AvgIpc) is 1.58. The highest BCUT2D eigenvalue weighted by molar-refractivity contribution is 5.75. The van der Waals surface area contributed by atoms with Crippen LogP contribution in [0.2, 0.25) is 0 Å². The third-order valence-corrected chi connectivity index (χ3v) is 0.914. The second-order valence-corrected chi connectivity index (χ2v) is 1.47. The summed E-state index contributed by atoms with van der Waals surface area (Å²) in [5.41, 5.74) is 0. The molecule has 1 atom stereocenters. The van der Waals surface area contributed by atoms with Crippen molar-refractivity contribution in [3.05, 3.63) is 12.7 Å². The third kappa shape index (κ3) is 0.633. The van der Waals surface area contributed by atoms with Crippen LogP contribution in [0.25, 0.3) is 0 Å². The van der Waals surface area contributed by atoms with E-state index in [0.717, 1.165) is 0 Å². The van der Waals surface area contributed by atoms with Crippen LogP contribution in [-0.4, -0.2) is 12.1 Å². The van der Waals surface area contributed by atoms with E-state index in [-0.39, 0.29) is 12.1 Å². The molecule has 0 saturated carbocycles. The number of hydrogen-bond donors (Lipinski definition) is 0. The summed E-state index contributed by atoms with van der Waals surface area (Å²) in [6, 6.07) is 0. The van der Waals surface area contributed by atoms with Crippen molar-refractivity contribution in [2.24, 2.45) is 0 Å². The fourth-order valence-corrected chi connectivity index (χ4v) is 0.455. The summed E-state index contributed by atoms with van der Waals surface area (Å²) in [7, 11) is 0. The van der Waals surface area contributed by atoms with Crippen molar-refractivity contribution < 1.29 is 9.53 Å². The molecule has 0 aliphatic carbocycles. The van der Waals surface area contributed by atoms with Gasteiger partial charge in [-0.3, -0.25) is 4.79 Å². The summed E-state index contributed by atoms with van der Waals surface area (Å²) in [5, 5.41) is 0. The van der Waals surface area contributed by atoms with E-state index in [4.69, 9.17) is 0 Å². The Bertz CT molecular complexity index is 98.6. The SMILES string of the molecule is C=C[C@@H]1CC(=O)O1. The third-order valence-electron chi connectivity index (χ3n) is 0.914. The minimum Gasteiger partial charge on any atom is -0.457 e. The number of esters is 1. The van der Waals surface area contributed by atoms with Gasteiger partial charge in [-0.05, 0) is 0 Å². The number of hydrogen-bond acceptors (Lipinski definition) is 2. The van der Waals surface area contributed by atoms with Gasteiger partial charge in [-0.2, -0.15) is 0 Å². The second-order valence-electron chi connectivity index (χ2n) is 1.47. The number of rotatable bonds is 1. The topological polar surface area (TPSA) is 26.3 Å². The lowest BCUT2D eigenvalue weighted by Gasteiger charge is -2.21. The molecular formula is C5H6O2. The molecule has 1 saturated heterocycles. The Hall–Kier alpha value is -0.790. The average molecular weight is 98.1 g/mol. The summed E-state index contributed by atoms with van der Waals surface area (Å²) < 4.78 is 4.53. The zero-order chi connectivity index (χ0) is 5.28.